The van der Waals surface area contributed by atoms with E-state index in [0.717, 1.165) is 13.1 Å². The molecule has 1 fully saturated rings. The normalized spacial score (nSPS) is 19.8. The monoisotopic (exact) mass is 254 g/mol. The Labute approximate surface area is 105 Å². The van der Waals surface area contributed by atoms with Gasteiger partial charge in [0.15, 0.2) is 0 Å². The van der Waals surface area contributed by atoms with Crippen LogP contribution in [0.1, 0.15) is 6.42 Å². The van der Waals surface area contributed by atoms with Crippen molar-refractivity contribution >= 4 is 23.5 Å². The maximum absolute atomic E-state index is 11.4. The maximum Gasteiger partial charge on any atom is 0.225 e. The first-order valence-electron chi connectivity index (χ1n) is 5.49. The van der Waals surface area contributed by atoms with Crippen LogP contribution in [-0.2, 0) is 4.79 Å². The lowest BCUT2D eigenvalue weighted by Gasteiger charge is -2.20. The lowest BCUT2D eigenvalue weighted by Crippen LogP contribution is -2.28. The van der Waals surface area contributed by atoms with Crippen LogP contribution in [0.5, 0.6) is 0 Å². The fourth-order valence-corrected chi connectivity index (χ4v) is 2.15. The van der Waals surface area contributed by atoms with Crippen LogP contribution in [0.15, 0.2) is 12.4 Å². The molecule has 0 bridgehead atoms. The van der Waals surface area contributed by atoms with Crippen LogP contribution >= 0.6 is 11.6 Å². The van der Waals surface area contributed by atoms with Gasteiger partial charge in [0.1, 0.15) is 0 Å². The van der Waals surface area contributed by atoms with E-state index in [1.807, 2.05) is 19.0 Å². The van der Waals surface area contributed by atoms with Gasteiger partial charge in [-0.1, -0.05) is 11.6 Å². The molecule has 0 aliphatic carbocycles. The van der Waals surface area contributed by atoms with Crippen molar-refractivity contribution in [3.05, 3.63) is 17.4 Å². The zero-order valence-corrected chi connectivity index (χ0v) is 10.7. The maximum atomic E-state index is 11.4. The molecule has 92 valence electrons. The number of nitrogens with zero attached hydrogens (tertiary/aromatic N) is 4. The highest BCUT2D eigenvalue weighted by atomic mass is 35.5. The van der Waals surface area contributed by atoms with Crippen LogP contribution in [0, 0.1) is 5.92 Å². The first-order chi connectivity index (χ1) is 8.06. The van der Waals surface area contributed by atoms with E-state index in [4.69, 9.17) is 11.6 Å². The molecule has 0 aromatic carbocycles. The standard InChI is InChI=1S/C11H15ClN4O/c1-15-6-8(3-10(15)17)7-16(2)11-13-4-9(12)5-14-11/h4-5,8H,3,6-7H2,1-2H3. The van der Waals surface area contributed by atoms with Gasteiger partial charge in [0.25, 0.3) is 0 Å². The topological polar surface area (TPSA) is 49.3 Å². The molecule has 1 aliphatic heterocycles. The molecular weight excluding hydrogens is 240 g/mol. The third-order valence-electron chi connectivity index (χ3n) is 2.90. The van der Waals surface area contributed by atoms with E-state index in [-0.39, 0.29) is 5.91 Å². The number of anilines is 1. The van der Waals surface area contributed by atoms with E-state index in [1.54, 1.807) is 17.3 Å². The van der Waals surface area contributed by atoms with Crippen molar-refractivity contribution in [1.82, 2.24) is 14.9 Å². The molecule has 2 heterocycles. The molecule has 1 saturated heterocycles. The van der Waals surface area contributed by atoms with Crippen LogP contribution in [0.3, 0.4) is 0 Å². The molecule has 1 aliphatic rings. The lowest BCUT2D eigenvalue weighted by molar-refractivity contribution is -0.126. The predicted octanol–water partition coefficient (Wildman–Crippen LogP) is 1.04. The minimum Gasteiger partial charge on any atom is -0.345 e. The summed E-state index contributed by atoms with van der Waals surface area (Å²) in [6, 6.07) is 0. The largest absolute Gasteiger partial charge is 0.345 e. The second-order valence-corrected chi connectivity index (χ2v) is 4.86. The Balaban J connectivity index is 1.95. The number of carbonyl (C=O) groups excluding carboxylic acids is 1. The van der Waals surface area contributed by atoms with E-state index >= 15 is 0 Å². The van der Waals surface area contributed by atoms with Crippen LogP contribution in [-0.4, -0.2) is 48.0 Å². The zero-order chi connectivity index (χ0) is 12.4. The van der Waals surface area contributed by atoms with Crippen molar-refractivity contribution in [3.63, 3.8) is 0 Å². The van der Waals surface area contributed by atoms with Gasteiger partial charge in [-0.05, 0) is 0 Å². The van der Waals surface area contributed by atoms with Gasteiger partial charge in [-0.3, -0.25) is 4.79 Å². The molecule has 1 aromatic rings. The predicted molar refractivity (Wildman–Crippen MR) is 66.1 cm³/mol. The summed E-state index contributed by atoms with van der Waals surface area (Å²) >= 11 is 5.73. The second kappa shape index (κ2) is 4.87. The number of aromatic nitrogens is 2. The van der Waals surface area contributed by atoms with Crippen molar-refractivity contribution in [2.45, 2.75) is 6.42 Å². The van der Waals surface area contributed by atoms with Gasteiger partial charge in [0.2, 0.25) is 11.9 Å². The molecule has 0 radical (unpaired) electrons. The number of carbonyl (C=O) groups is 1. The van der Waals surface area contributed by atoms with Gasteiger partial charge in [-0.2, -0.15) is 0 Å². The number of amides is 1. The van der Waals surface area contributed by atoms with E-state index < -0.39 is 0 Å². The quantitative estimate of drug-likeness (QED) is 0.809. The molecule has 0 saturated carbocycles. The Hall–Kier alpha value is -1.36. The Kier molecular flexibility index (Phi) is 3.47. The molecule has 1 atom stereocenters. The summed E-state index contributed by atoms with van der Waals surface area (Å²) in [6.07, 6.45) is 3.76. The summed E-state index contributed by atoms with van der Waals surface area (Å²) in [5, 5.41) is 0.526. The minimum atomic E-state index is 0.209. The highest BCUT2D eigenvalue weighted by Gasteiger charge is 2.27. The van der Waals surface area contributed by atoms with Gasteiger partial charge in [-0.25, -0.2) is 9.97 Å². The average Bonchev–Trinajstić information content (AvgIpc) is 2.58. The van der Waals surface area contributed by atoms with E-state index in [1.165, 1.54) is 0 Å². The number of likely N-dealkylation sites (tertiary alicyclic amines) is 1. The molecule has 1 aromatic heterocycles. The second-order valence-electron chi connectivity index (χ2n) is 4.43. The SMILES string of the molecule is CN1CC(CN(C)c2ncc(Cl)cn2)CC1=O. The minimum absolute atomic E-state index is 0.209. The number of halogens is 1. The number of hydrogen-bond donors (Lipinski definition) is 0. The Bertz CT molecular complexity index is 408. The highest BCUT2D eigenvalue weighted by molar-refractivity contribution is 6.30. The van der Waals surface area contributed by atoms with Crippen molar-refractivity contribution in [3.8, 4) is 0 Å². The van der Waals surface area contributed by atoms with Gasteiger partial charge in [0, 0.05) is 39.5 Å². The third-order valence-corrected chi connectivity index (χ3v) is 3.10. The van der Waals surface area contributed by atoms with Crippen LogP contribution in [0.4, 0.5) is 5.95 Å². The summed E-state index contributed by atoms with van der Waals surface area (Å²) < 4.78 is 0. The Morgan fingerprint density at radius 2 is 2.18 bits per heavy atom. The fourth-order valence-electron chi connectivity index (χ4n) is 2.05. The van der Waals surface area contributed by atoms with Crippen molar-refractivity contribution in [2.75, 3.05) is 32.1 Å². The molecule has 2 rings (SSSR count). The molecule has 17 heavy (non-hydrogen) atoms. The van der Waals surface area contributed by atoms with Gasteiger partial charge < -0.3 is 9.80 Å². The van der Waals surface area contributed by atoms with Crippen LogP contribution < -0.4 is 4.90 Å². The zero-order valence-electron chi connectivity index (χ0n) is 9.93. The molecule has 0 N–H and O–H groups in total. The Morgan fingerprint density at radius 1 is 1.53 bits per heavy atom. The molecule has 6 heteroatoms. The van der Waals surface area contributed by atoms with Gasteiger partial charge in [0.05, 0.1) is 17.4 Å². The fraction of sp³-hybridized carbons (Fsp3) is 0.545. The first kappa shape index (κ1) is 12.1. The van der Waals surface area contributed by atoms with Crippen LogP contribution in [0.2, 0.25) is 5.02 Å². The van der Waals surface area contributed by atoms with E-state index in [9.17, 15) is 4.79 Å². The molecular formula is C11H15ClN4O. The van der Waals surface area contributed by atoms with E-state index in [0.29, 0.717) is 23.3 Å². The lowest BCUT2D eigenvalue weighted by atomic mass is 10.1. The third kappa shape index (κ3) is 2.85. The van der Waals surface area contributed by atoms with Crippen molar-refractivity contribution in [1.29, 1.82) is 0 Å². The summed E-state index contributed by atoms with van der Waals surface area (Å²) in [5.74, 6) is 1.19. The first-order valence-corrected chi connectivity index (χ1v) is 5.86. The molecule has 5 nitrogen and oxygen atoms in total. The van der Waals surface area contributed by atoms with E-state index in [2.05, 4.69) is 9.97 Å². The summed E-state index contributed by atoms with van der Waals surface area (Å²) in [6.45, 7) is 1.58. The van der Waals surface area contributed by atoms with Gasteiger partial charge >= 0.3 is 0 Å². The average molecular weight is 255 g/mol. The summed E-state index contributed by atoms with van der Waals surface area (Å²) in [4.78, 5) is 23.4. The van der Waals surface area contributed by atoms with Crippen molar-refractivity contribution in [2.24, 2.45) is 5.92 Å². The molecule has 1 amide bonds. The summed E-state index contributed by atoms with van der Waals surface area (Å²) in [5.41, 5.74) is 0. The number of rotatable bonds is 3. The van der Waals surface area contributed by atoms with Crippen molar-refractivity contribution < 1.29 is 4.79 Å². The Morgan fingerprint density at radius 3 is 2.71 bits per heavy atom. The van der Waals surface area contributed by atoms with Gasteiger partial charge in [-0.15, -0.1) is 0 Å². The molecule has 1 unspecified atom stereocenters. The smallest absolute Gasteiger partial charge is 0.225 e. The molecule has 0 spiro atoms. The van der Waals surface area contributed by atoms with Crippen LogP contribution in [0.25, 0.3) is 0 Å². The number of hydrogen-bond acceptors (Lipinski definition) is 4. The highest BCUT2D eigenvalue weighted by Crippen LogP contribution is 2.18. The summed E-state index contributed by atoms with van der Waals surface area (Å²) in [7, 11) is 3.76.